The fourth-order valence-corrected chi connectivity index (χ4v) is 1.31. The van der Waals surface area contributed by atoms with Crippen LogP contribution in [0.1, 0.15) is 32.5 Å². The molecular formula is C11H21N3O2. The summed E-state index contributed by atoms with van der Waals surface area (Å²) in [5, 5.41) is 12.9. The second kappa shape index (κ2) is 5.96. The molecule has 0 spiro atoms. The normalized spacial score (nSPS) is 13.7. The summed E-state index contributed by atoms with van der Waals surface area (Å²) in [6.45, 7) is 6.90. The number of aliphatic hydroxyl groups is 1. The van der Waals surface area contributed by atoms with Crippen molar-refractivity contribution in [1.82, 2.24) is 15.0 Å². The first-order valence-electron chi connectivity index (χ1n) is 5.65. The van der Waals surface area contributed by atoms with Gasteiger partial charge in [-0.2, -0.15) is 4.98 Å². The molecule has 1 aromatic heterocycles. The van der Waals surface area contributed by atoms with Gasteiger partial charge in [-0.1, -0.05) is 19.0 Å². The maximum absolute atomic E-state index is 9.00. The van der Waals surface area contributed by atoms with E-state index in [1.54, 1.807) is 0 Å². The van der Waals surface area contributed by atoms with Crippen LogP contribution in [0.5, 0.6) is 0 Å². The van der Waals surface area contributed by atoms with Crippen LogP contribution in [0.25, 0.3) is 0 Å². The Balaban J connectivity index is 2.51. The summed E-state index contributed by atoms with van der Waals surface area (Å²) in [5.74, 6) is 1.90. The Hall–Kier alpha value is -0.940. The van der Waals surface area contributed by atoms with E-state index in [9.17, 15) is 0 Å². The first-order chi connectivity index (χ1) is 7.52. The molecule has 0 fully saturated rings. The van der Waals surface area contributed by atoms with Crippen LogP contribution in [-0.2, 0) is 13.0 Å². The minimum Gasteiger partial charge on any atom is -0.395 e. The maximum atomic E-state index is 9.00. The van der Waals surface area contributed by atoms with Crippen molar-refractivity contribution < 1.29 is 9.63 Å². The fourth-order valence-electron chi connectivity index (χ4n) is 1.31. The molecule has 0 aromatic carbocycles. The van der Waals surface area contributed by atoms with Crippen LogP contribution in [0.3, 0.4) is 0 Å². The van der Waals surface area contributed by atoms with Gasteiger partial charge in [-0.15, -0.1) is 0 Å². The highest BCUT2D eigenvalue weighted by Gasteiger charge is 2.13. The van der Waals surface area contributed by atoms with Crippen molar-refractivity contribution in [3.05, 3.63) is 11.7 Å². The predicted octanol–water partition coefficient (Wildman–Crippen LogP) is 1.08. The molecule has 1 atom stereocenters. The third-order valence-corrected chi connectivity index (χ3v) is 2.50. The monoisotopic (exact) mass is 227 g/mol. The van der Waals surface area contributed by atoms with Gasteiger partial charge in [0, 0.05) is 12.5 Å². The van der Waals surface area contributed by atoms with Gasteiger partial charge < -0.3 is 9.63 Å². The Morgan fingerprint density at radius 3 is 2.62 bits per heavy atom. The quantitative estimate of drug-likeness (QED) is 0.788. The van der Waals surface area contributed by atoms with E-state index in [1.165, 1.54) is 0 Å². The minimum absolute atomic E-state index is 0.0976. The van der Waals surface area contributed by atoms with E-state index in [0.29, 0.717) is 18.4 Å². The fraction of sp³-hybridized carbons (Fsp3) is 0.818. The Kier molecular flexibility index (Phi) is 4.89. The molecule has 0 aliphatic heterocycles. The zero-order valence-corrected chi connectivity index (χ0v) is 10.5. The summed E-state index contributed by atoms with van der Waals surface area (Å²) < 4.78 is 5.15. The standard InChI is InChI=1S/C11H21N3O2/c1-8(2)5-10-12-11(16-13-10)6-14(4)9(3)7-15/h8-9,15H,5-7H2,1-4H3. The number of rotatable bonds is 6. The van der Waals surface area contributed by atoms with E-state index < -0.39 is 0 Å². The summed E-state index contributed by atoms with van der Waals surface area (Å²) in [4.78, 5) is 6.28. The van der Waals surface area contributed by atoms with Crippen LogP contribution in [0, 0.1) is 5.92 Å². The molecule has 1 rings (SSSR count). The van der Waals surface area contributed by atoms with E-state index in [1.807, 2.05) is 18.9 Å². The number of hydrogen-bond acceptors (Lipinski definition) is 5. The van der Waals surface area contributed by atoms with Crippen molar-refractivity contribution in [2.24, 2.45) is 5.92 Å². The highest BCUT2D eigenvalue weighted by molar-refractivity contribution is 4.87. The van der Waals surface area contributed by atoms with Crippen LogP contribution in [0.15, 0.2) is 4.52 Å². The van der Waals surface area contributed by atoms with Gasteiger partial charge in [0.1, 0.15) is 0 Å². The average Bonchev–Trinajstić information content (AvgIpc) is 2.63. The van der Waals surface area contributed by atoms with Crippen LogP contribution < -0.4 is 0 Å². The molecule has 0 aliphatic rings. The first-order valence-corrected chi connectivity index (χ1v) is 5.65. The summed E-state index contributed by atoms with van der Waals surface area (Å²) in [5.41, 5.74) is 0. The summed E-state index contributed by atoms with van der Waals surface area (Å²) in [7, 11) is 1.92. The SMILES string of the molecule is CC(C)Cc1noc(CN(C)C(C)CO)n1. The Morgan fingerprint density at radius 1 is 1.38 bits per heavy atom. The van der Waals surface area contributed by atoms with Crippen molar-refractivity contribution in [3.8, 4) is 0 Å². The zero-order valence-electron chi connectivity index (χ0n) is 10.5. The van der Waals surface area contributed by atoms with Gasteiger partial charge in [0.25, 0.3) is 0 Å². The van der Waals surface area contributed by atoms with Gasteiger partial charge in [0.2, 0.25) is 5.89 Å². The molecule has 0 radical (unpaired) electrons. The number of likely N-dealkylation sites (N-methyl/N-ethyl adjacent to an activating group) is 1. The van der Waals surface area contributed by atoms with Gasteiger partial charge in [-0.3, -0.25) is 4.90 Å². The van der Waals surface area contributed by atoms with Gasteiger partial charge in [0.05, 0.1) is 13.2 Å². The average molecular weight is 227 g/mol. The van der Waals surface area contributed by atoms with Crippen molar-refractivity contribution in [2.45, 2.75) is 39.8 Å². The molecule has 92 valence electrons. The Labute approximate surface area is 96.5 Å². The van der Waals surface area contributed by atoms with E-state index in [-0.39, 0.29) is 12.6 Å². The highest BCUT2D eigenvalue weighted by Crippen LogP contribution is 2.07. The number of hydrogen-bond donors (Lipinski definition) is 1. The second-order valence-corrected chi connectivity index (χ2v) is 4.65. The van der Waals surface area contributed by atoms with E-state index in [4.69, 9.17) is 9.63 Å². The molecule has 0 amide bonds. The molecule has 0 aliphatic carbocycles. The molecule has 5 heteroatoms. The van der Waals surface area contributed by atoms with Crippen molar-refractivity contribution in [2.75, 3.05) is 13.7 Å². The number of aromatic nitrogens is 2. The Bertz CT molecular complexity index is 312. The molecule has 1 aromatic rings. The van der Waals surface area contributed by atoms with E-state index >= 15 is 0 Å². The lowest BCUT2D eigenvalue weighted by atomic mass is 10.1. The van der Waals surface area contributed by atoms with Crippen LogP contribution in [0.4, 0.5) is 0 Å². The topological polar surface area (TPSA) is 62.4 Å². The van der Waals surface area contributed by atoms with Crippen LogP contribution in [-0.4, -0.2) is 39.8 Å². The number of nitrogens with zero attached hydrogens (tertiary/aromatic N) is 3. The van der Waals surface area contributed by atoms with E-state index in [0.717, 1.165) is 12.2 Å². The number of aliphatic hydroxyl groups excluding tert-OH is 1. The molecule has 5 nitrogen and oxygen atoms in total. The molecule has 1 N–H and O–H groups in total. The van der Waals surface area contributed by atoms with Crippen molar-refractivity contribution in [3.63, 3.8) is 0 Å². The van der Waals surface area contributed by atoms with E-state index in [2.05, 4.69) is 24.0 Å². The maximum Gasteiger partial charge on any atom is 0.240 e. The third kappa shape index (κ3) is 3.90. The summed E-state index contributed by atoms with van der Waals surface area (Å²) in [6, 6.07) is 0.0976. The highest BCUT2D eigenvalue weighted by atomic mass is 16.5. The molecule has 0 saturated heterocycles. The Morgan fingerprint density at radius 2 is 2.06 bits per heavy atom. The lowest BCUT2D eigenvalue weighted by Gasteiger charge is -2.20. The van der Waals surface area contributed by atoms with Gasteiger partial charge in [-0.25, -0.2) is 0 Å². The van der Waals surface area contributed by atoms with Crippen molar-refractivity contribution in [1.29, 1.82) is 0 Å². The minimum atomic E-state index is 0.0976. The molecule has 1 unspecified atom stereocenters. The molecule has 0 bridgehead atoms. The second-order valence-electron chi connectivity index (χ2n) is 4.65. The van der Waals surface area contributed by atoms with Gasteiger partial charge in [0.15, 0.2) is 5.82 Å². The molecule has 16 heavy (non-hydrogen) atoms. The van der Waals surface area contributed by atoms with Crippen LogP contribution in [0.2, 0.25) is 0 Å². The molecular weight excluding hydrogens is 206 g/mol. The molecule has 0 saturated carbocycles. The third-order valence-electron chi connectivity index (χ3n) is 2.50. The lowest BCUT2D eigenvalue weighted by molar-refractivity contribution is 0.142. The summed E-state index contributed by atoms with van der Waals surface area (Å²) in [6.07, 6.45) is 0.836. The van der Waals surface area contributed by atoms with Gasteiger partial charge >= 0.3 is 0 Å². The van der Waals surface area contributed by atoms with Gasteiger partial charge in [-0.05, 0) is 19.9 Å². The lowest BCUT2D eigenvalue weighted by Crippen LogP contribution is -2.31. The molecule has 1 heterocycles. The zero-order chi connectivity index (χ0) is 12.1. The smallest absolute Gasteiger partial charge is 0.240 e. The first kappa shape index (κ1) is 13.1. The largest absolute Gasteiger partial charge is 0.395 e. The van der Waals surface area contributed by atoms with Crippen LogP contribution >= 0.6 is 0 Å². The summed E-state index contributed by atoms with van der Waals surface area (Å²) >= 11 is 0. The predicted molar refractivity (Wildman–Crippen MR) is 60.9 cm³/mol. The van der Waals surface area contributed by atoms with Crippen molar-refractivity contribution >= 4 is 0 Å².